The molecular formula is C28H22F6N4O6. The fourth-order valence-electron chi connectivity index (χ4n) is 5.06. The Morgan fingerprint density at radius 2 is 1.61 bits per heavy atom. The van der Waals surface area contributed by atoms with Crippen molar-refractivity contribution in [2.75, 3.05) is 30.0 Å². The van der Waals surface area contributed by atoms with Gasteiger partial charge in [0.15, 0.2) is 11.6 Å². The van der Waals surface area contributed by atoms with Gasteiger partial charge >= 0.3 is 6.36 Å². The Kier molecular flexibility index (Phi) is 8.11. The molecule has 10 nitrogen and oxygen atoms in total. The second-order valence-electron chi connectivity index (χ2n) is 9.85. The number of aliphatic hydroxyl groups excluding tert-OH is 1. The lowest BCUT2D eigenvalue weighted by molar-refractivity contribution is -0.274. The monoisotopic (exact) mass is 624 g/mol. The summed E-state index contributed by atoms with van der Waals surface area (Å²) < 4.78 is 91.7. The van der Waals surface area contributed by atoms with Crippen LogP contribution in [0, 0.1) is 17.5 Å². The van der Waals surface area contributed by atoms with Crippen LogP contribution in [0.2, 0.25) is 0 Å². The maximum atomic E-state index is 15.2. The molecule has 0 saturated carbocycles. The molecule has 2 fully saturated rings. The number of rotatable bonds is 7. The zero-order chi connectivity index (χ0) is 31.9. The number of amides is 3. The quantitative estimate of drug-likeness (QED) is 0.387. The molecule has 44 heavy (non-hydrogen) atoms. The Morgan fingerprint density at radius 3 is 2.18 bits per heavy atom. The second-order valence-corrected chi connectivity index (χ2v) is 9.85. The molecule has 3 amide bonds. The number of anilines is 2. The molecule has 0 radical (unpaired) electrons. The van der Waals surface area contributed by atoms with Crippen molar-refractivity contribution in [1.29, 1.82) is 0 Å². The van der Waals surface area contributed by atoms with Crippen molar-refractivity contribution in [3.8, 4) is 11.5 Å². The van der Waals surface area contributed by atoms with Crippen molar-refractivity contribution in [2.24, 2.45) is 0 Å². The van der Waals surface area contributed by atoms with Crippen molar-refractivity contribution in [3.63, 3.8) is 0 Å². The Morgan fingerprint density at radius 1 is 0.955 bits per heavy atom. The van der Waals surface area contributed by atoms with E-state index in [0.29, 0.717) is 0 Å². The summed E-state index contributed by atoms with van der Waals surface area (Å²) in [6, 6.07) is 5.74. The SMILES string of the molecule is COc1cc(F)c([C@@H]2CN(c3nc(N4CCC(O)C4=O)ccc3F)C(=O)[C@H]2NC(=O)c2ccc(OC(F)(F)F)cc2)c(F)c1. The highest BCUT2D eigenvalue weighted by molar-refractivity contribution is 6.05. The number of nitrogens with zero attached hydrogens (tertiary/aromatic N) is 3. The minimum Gasteiger partial charge on any atom is -0.497 e. The summed E-state index contributed by atoms with van der Waals surface area (Å²) in [6.07, 6.45) is -6.19. The number of alkyl halides is 3. The van der Waals surface area contributed by atoms with E-state index in [2.05, 4.69) is 15.0 Å². The maximum absolute atomic E-state index is 15.2. The van der Waals surface area contributed by atoms with Gasteiger partial charge in [-0.05, 0) is 36.4 Å². The number of halogens is 6. The Bertz CT molecular complexity index is 1600. The number of benzene rings is 2. The third-order valence-corrected chi connectivity index (χ3v) is 7.13. The van der Waals surface area contributed by atoms with E-state index >= 15 is 13.2 Å². The molecule has 3 atom stereocenters. The number of carbonyl (C=O) groups excluding carboxylic acids is 3. The van der Waals surface area contributed by atoms with Crippen molar-refractivity contribution in [1.82, 2.24) is 10.3 Å². The molecule has 0 bridgehead atoms. The van der Waals surface area contributed by atoms with Gasteiger partial charge in [0.2, 0.25) is 0 Å². The average molecular weight is 624 g/mol. The van der Waals surface area contributed by atoms with Crippen LogP contribution >= 0.6 is 0 Å². The first-order valence-corrected chi connectivity index (χ1v) is 12.9. The first-order valence-electron chi connectivity index (χ1n) is 12.9. The van der Waals surface area contributed by atoms with Crippen molar-refractivity contribution in [3.05, 3.63) is 77.1 Å². The van der Waals surface area contributed by atoms with Crippen molar-refractivity contribution in [2.45, 2.75) is 30.8 Å². The van der Waals surface area contributed by atoms with Crippen LogP contribution in [0.25, 0.3) is 0 Å². The maximum Gasteiger partial charge on any atom is 0.573 e. The third kappa shape index (κ3) is 5.97. The second kappa shape index (κ2) is 11.7. The van der Waals surface area contributed by atoms with Gasteiger partial charge in [-0.1, -0.05) is 0 Å². The number of aromatic nitrogens is 1. The van der Waals surface area contributed by atoms with Gasteiger partial charge in [0.1, 0.15) is 41.1 Å². The fourth-order valence-corrected chi connectivity index (χ4v) is 5.06. The predicted molar refractivity (Wildman–Crippen MR) is 140 cm³/mol. The van der Waals surface area contributed by atoms with Crippen LogP contribution in [0.15, 0.2) is 48.5 Å². The molecule has 3 heterocycles. The molecule has 16 heteroatoms. The lowest BCUT2D eigenvalue weighted by atomic mass is 9.92. The van der Waals surface area contributed by atoms with Gasteiger partial charge in [0, 0.05) is 48.7 Å². The van der Waals surface area contributed by atoms with Crippen LogP contribution in [0.5, 0.6) is 11.5 Å². The molecule has 2 aliphatic heterocycles. The number of carbonyl (C=O) groups is 3. The third-order valence-electron chi connectivity index (χ3n) is 7.13. The summed E-state index contributed by atoms with van der Waals surface area (Å²) in [5, 5.41) is 12.1. The first-order chi connectivity index (χ1) is 20.8. The van der Waals surface area contributed by atoms with Crippen molar-refractivity contribution < 1.29 is 55.3 Å². The van der Waals surface area contributed by atoms with E-state index in [1.807, 2.05) is 0 Å². The summed E-state index contributed by atoms with van der Waals surface area (Å²) in [5.74, 6) is -8.96. The number of hydrogen-bond acceptors (Lipinski definition) is 7. The fraction of sp³-hybridized carbons (Fsp3) is 0.286. The topological polar surface area (TPSA) is 121 Å². The number of ether oxygens (including phenoxy) is 2. The van der Waals surface area contributed by atoms with E-state index in [4.69, 9.17) is 4.74 Å². The molecular weight excluding hydrogens is 602 g/mol. The first kappa shape index (κ1) is 30.6. The molecule has 2 aliphatic rings. The largest absolute Gasteiger partial charge is 0.573 e. The highest BCUT2D eigenvalue weighted by Crippen LogP contribution is 2.37. The van der Waals surface area contributed by atoms with E-state index in [1.54, 1.807) is 0 Å². The molecule has 0 spiro atoms. The standard InChI is InChI=1S/C28H22F6N4O6/c1-43-15-10-18(30)22(19(31)11-15)16-12-38(24-17(29)6-7-21(35-24)37-9-8-20(39)26(37)41)27(42)23(16)36-25(40)13-2-4-14(5-3-13)44-28(32,33)34/h2-7,10-11,16,20,23,39H,8-9,12H2,1H3,(H,36,40)/t16-,20?,23-/m0/s1. The van der Waals surface area contributed by atoms with Crippen LogP contribution in [-0.4, -0.2) is 66.5 Å². The summed E-state index contributed by atoms with van der Waals surface area (Å²) in [7, 11) is 1.17. The Balaban J connectivity index is 1.50. The number of methoxy groups -OCH3 is 1. The zero-order valence-electron chi connectivity index (χ0n) is 22.6. The van der Waals surface area contributed by atoms with Gasteiger partial charge in [0.25, 0.3) is 17.7 Å². The number of aliphatic hydroxyl groups is 1. The van der Waals surface area contributed by atoms with Crippen molar-refractivity contribution >= 4 is 29.4 Å². The van der Waals surface area contributed by atoms with E-state index < -0.39 is 83.3 Å². The van der Waals surface area contributed by atoms with Gasteiger partial charge in [-0.3, -0.25) is 24.2 Å². The minimum atomic E-state index is -4.98. The van der Waals surface area contributed by atoms with Gasteiger partial charge in [-0.15, -0.1) is 13.2 Å². The molecule has 232 valence electrons. The van der Waals surface area contributed by atoms with Crippen LogP contribution in [0.3, 0.4) is 0 Å². The van der Waals surface area contributed by atoms with Crippen LogP contribution in [0.4, 0.5) is 38.0 Å². The molecule has 0 aliphatic carbocycles. The predicted octanol–water partition coefficient (Wildman–Crippen LogP) is 3.43. The summed E-state index contributed by atoms with van der Waals surface area (Å²) in [5.41, 5.74) is -0.854. The summed E-state index contributed by atoms with van der Waals surface area (Å²) >= 11 is 0. The molecule has 1 aromatic heterocycles. The number of pyridine rings is 1. The molecule has 2 N–H and O–H groups in total. The smallest absolute Gasteiger partial charge is 0.497 e. The zero-order valence-corrected chi connectivity index (χ0v) is 22.6. The molecule has 2 saturated heterocycles. The average Bonchev–Trinajstić information content (AvgIpc) is 3.46. The van der Waals surface area contributed by atoms with E-state index in [0.717, 1.165) is 58.3 Å². The Hall–Kier alpha value is -4.86. The normalized spacial score (nSPS) is 20.3. The van der Waals surface area contributed by atoms with Crippen LogP contribution in [-0.2, 0) is 9.59 Å². The minimum absolute atomic E-state index is 0.0579. The van der Waals surface area contributed by atoms with Gasteiger partial charge in [-0.25, -0.2) is 18.2 Å². The highest BCUT2D eigenvalue weighted by atomic mass is 19.4. The van der Waals surface area contributed by atoms with Gasteiger partial charge < -0.3 is 19.9 Å². The van der Waals surface area contributed by atoms with E-state index in [1.165, 1.54) is 7.11 Å². The number of hydrogen-bond donors (Lipinski definition) is 2. The van der Waals surface area contributed by atoms with Gasteiger partial charge in [0.05, 0.1) is 7.11 Å². The highest BCUT2D eigenvalue weighted by Gasteiger charge is 2.47. The van der Waals surface area contributed by atoms with Crippen LogP contribution in [0.1, 0.15) is 28.3 Å². The molecule has 5 rings (SSSR count). The van der Waals surface area contributed by atoms with Gasteiger partial charge in [-0.2, -0.15) is 0 Å². The summed E-state index contributed by atoms with van der Waals surface area (Å²) in [6.45, 7) is -0.519. The lowest BCUT2D eigenvalue weighted by Gasteiger charge is -2.20. The molecule has 1 unspecified atom stereocenters. The summed E-state index contributed by atoms with van der Waals surface area (Å²) in [4.78, 5) is 45.0. The van der Waals surface area contributed by atoms with E-state index in [-0.39, 0.29) is 30.1 Å². The lowest BCUT2D eigenvalue weighted by Crippen LogP contribution is -2.44. The molecule has 2 aromatic carbocycles. The number of nitrogens with one attached hydrogen (secondary N) is 1. The Labute approximate surface area is 244 Å². The van der Waals surface area contributed by atoms with Crippen LogP contribution < -0.4 is 24.6 Å². The van der Waals surface area contributed by atoms with E-state index in [9.17, 15) is 32.7 Å². The molecule has 3 aromatic rings.